The molecule has 3 nitrogen and oxygen atoms in total. The summed E-state index contributed by atoms with van der Waals surface area (Å²) >= 11 is 6.40. The molecule has 2 saturated carbocycles. The summed E-state index contributed by atoms with van der Waals surface area (Å²) < 4.78 is 11.6. The minimum atomic E-state index is -0.260. The first-order valence-electron chi connectivity index (χ1n) is 7.96. The van der Waals surface area contributed by atoms with Gasteiger partial charge in [-0.15, -0.1) is 0 Å². The summed E-state index contributed by atoms with van der Waals surface area (Å²) in [5.74, 6) is 1.39. The van der Waals surface area contributed by atoms with E-state index < -0.39 is 0 Å². The van der Waals surface area contributed by atoms with Gasteiger partial charge in [0.05, 0.1) is 18.2 Å². The summed E-state index contributed by atoms with van der Waals surface area (Å²) in [6.07, 6.45) is 9.36. The van der Waals surface area contributed by atoms with Crippen LogP contribution in [0.25, 0.3) is 0 Å². The third kappa shape index (κ3) is 3.00. The smallest absolute Gasteiger partial charge is 0.179 e. The van der Waals surface area contributed by atoms with Gasteiger partial charge in [0.15, 0.2) is 11.5 Å². The van der Waals surface area contributed by atoms with E-state index in [-0.39, 0.29) is 11.6 Å². The third-order valence-electron chi connectivity index (χ3n) is 4.88. The van der Waals surface area contributed by atoms with Crippen LogP contribution in [0.4, 0.5) is 0 Å². The first-order chi connectivity index (χ1) is 10.1. The fourth-order valence-corrected chi connectivity index (χ4v) is 3.91. The van der Waals surface area contributed by atoms with Crippen molar-refractivity contribution >= 4 is 11.6 Å². The van der Waals surface area contributed by atoms with E-state index in [0.717, 1.165) is 37.0 Å². The summed E-state index contributed by atoms with van der Waals surface area (Å²) in [7, 11) is 1.64. The molecule has 0 aliphatic heterocycles. The second-order valence-electron chi connectivity index (χ2n) is 6.38. The molecule has 116 valence electrons. The summed E-state index contributed by atoms with van der Waals surface area (Å²) in [5.41, 5.74) is 7.38. The minimum Gasteiger partial charge on any atom is -0.491 e. The molecule has 0 saturated heterocycles. The monoisotopic (exact) mass is 309 g/mol. The Bertz CT molecular complexity index is 506. The number of benzene rings is 1. The van der Waals surface area contributed by atoms with Crippen LogP contribution in [0.15, 0.2) is 12.1 Å². The molecule has 0 amide bonds. The van der Waals surface area contributed by atoms with Crippen molar-refractivity contribution in [1.29, 1.82) is 0 Å². The molecular formula is C17H24ClNO2. The van der Waals surface area contributed by atoms with Gasteiger partial charge in [0, 0.05) is 5.54 Å². The fourth-order valence-electron chi connectivity index (χ4n) is 3.62. The van der Waals surface area contributed by atoms with Crippen molar-refractivity contribution in [3.8, 4) is 11.5 Å². The maximum Gasteiger partial charge on any atom is 0.179 e. The van der Waals surface area contributed by atoms with E-state index in [0.29, 0.717) is 10.8 Å². The lowest BCUT2D eigenvalue weighted by atomic mass is 9.89. The minimum absolute atomic E-state index is 0.260. The highest BCUT2D eigenvalue weighted by Gasteiger charge is 2.33. The van der Waals surface area contributed by atoms with Crippen molar-refractivity contribution in [2.75, 3.05) is 7.11 Å². The maximum atomic E-state index is 6.56. The second-order valence-corrected chi connectivity index (χ2v) is 6.78. The van der Waals surface area contributed by atoms with E-state index >= 15 is 0 Å². The zero-order valence-corrected chi connectivity index (χ0v) is 13.4. The molecule has 0 atom stereocenters. The van der Waals surface area contributed by atoms with Gasteiger partial charge in [-0.25, -0.2) is 0 Å². The van der Waals surface area contributed by atoms with Gasteiger partial charge in [-0.2, -0.15) is 0 Å². The quantitative estimate of drug-likeness (QED) is 0.896. The number of hydrogen-bond donors (Lipinski definition) is 1. The Hall–Kier alpha value is -0.930. The Morgan fingerprint density at radius 2 is 1.81 bits per heavy atom. The molecule has 2 fully saturated rings. The Balaban J connectivity index is 1.93. The molecule has 2 aliphatic rings. The zero-order chi connectivity index (χ0) is 14.9. The van der Waals surface area contributed by atoms with Crippen molar-refractivity contribution in [1.82, 2.24) is 0 Å². The number of ether oxygens (including phenoxy) is 2. The van der Waals surface area contributed by atoms with Gasteiger partial charge in [-0.3, -0.25) is 0 Å². The molecule has 3 rings (SSSR count). The van der Waals surface area contributed by atoms with Crippen LogP contribution >= 0.6 is 11.6 Å². The van der Waals surface area contributed by atoms with Crippen LogP contribution in [0.3, 0.4) is 0 Å². The molecule has 1 aromatic carbocycles. The standard InChI is InChI=1S/C17H24ClNO2/c1-20-16-14(18)10-12(17(19)8-4-5-9-17)11-15(16)21-13-6-2-3-7-13/h10-11,13H,2-9,19H2,1H3. The maximum absolute atomic E-state index is 6.56. The highest BCUT2D eigenvalue weighted by molar-refractivity contribution is 6.32. The number of nitrogens with two attached hydrogens (primary N) is 1. The molecule has 0 radical (unpaired) electrons. The molecule has 1 aromatic rings. The van der Waals surface area contributed by atoms with E-state index in [4.69, 9.17) is 26.8 Å². The Morgan fingerprint density at radius 3 is 2.43 bits per heavy atom. The first kappa shape index (κ1) is 15.0. The number of rotatable bonds is 4. The van der Waals surface area contributed by atoms with Gasteiger partial charge in [0.1, 0.15) is 0 Å². The number of halogens is 1. The van der Waals surface area contributed by atoms with Crippen molar-refractivity contribution < 1.29 is 9.47 Å². The second kappa shape index (κ2) is 6.05. The lowest BCUT2D eigenvalue weighted by molar-refractivity contribution is 0.200. The Labute approximate surface area is 131 Å². The largest absolute Gasteiger partial charge is 0.491 e. The van der Waals surface area contributed by atoms with Gasteiger partial charge in [0.2, 0.25) is 0 Å². The van der Waals surface area contributed by atoms with Crippen molar-refractivity contribution in [3.63, 3.8) is 0 Å². The molecule has 0 bridgehead atoms. The SMILES string of the molecule is COc1c(Cl)cc(C2(N)CCCC2)cc1OC1CCCC1. The van der Waals surface area contributed by atoms with Gasteiger partial charge in [0.25, 0.3) is 0 Å². The van der Waals surface area contributed by atoms with E-state index in [1.54, 1.807) is 7.11 Å². The normalized spacial score (nSPS) is 21.7. The van der Waals surface area contributed by atoms with Crippen LogP contribution in [0, 0.1) is 0 Å². The Kier molecular flexibility index (Phi) is 4.32. The van der Waals surface area contributed by atoms with Gasteiger partial charge < -0.3 is 15.2 Å². The van der Waals surface area contributed by atoms with Gasteiger partial charge in [-0.05, 0) is 56.2 Å². The molecule has 0 unspecified atom stereocenters. The fraction of sp³-hybridized carbons (Fsp3) is 0.647. The van der Waals surface area contributed by atoms with Crippen LogP contribution in [-0.4, -0.2) is 13.2 Å². The zero-order valence-electron chi connectivity index (χ0n) is 12.7. The predicted molar refractivity (Wildman–Crippen MR) is 85.2 cm³/mol. The summed E-state index contributed by atoms with van der Waals surface area (Å²) in [4.78, 5) is 0. The van der Waals surface area contributed by atoms with E-state index in [1.807, 2.05) is 12.1 Å². The Morgan fingerprint density at radius 1 is 1.14 bits per heavy atom. The first-order valence-corrected chi connectivity index (χ1v) is 8.34. The van der Waals surface area contributed by atoms with Crippen molar-refractivity contribution in [3.05, 3.63) is 22.7 Å². The highest BCUT2D eigenvalue weighted by atomic mass is 35.5. The molecule has 0 heterocycles. The molecule has 2 N–H and O–H groups in total. The third-order valence-corrected chi connectivity index (χ3v) is 5.16. The van der Waals surface area contributed by atoms with Crippen LogP contribution in [0.2, 0.25) is 5.02 Å². The van der Waals surface area contributed by atoms with E-state index in [1.165, 1.54) is 25.7 Å². The predicted octanol–water partition coefficient (Wildman–Crippen LogP) is 4.40. The highest BCUT2D eigenvalue weighted by Crippen LogP contribution is 2.44. The molecule has 0 aromatic heterocycles. The van der Waals surface area contributed by atoms with Crippen molar-refractivity contribution in [2.45, 2.75) is 63.0 Å². The summed E-state index contributed by atoms with van der Waals surface area (Å²) in [5, 5.41) is 0.597. The van der Waals surface area contributed by atoms with Crippen LogP contribution in [0.1, 0.15) is 56.9 Å². The molecular weight excluding hydrogens is 286 g/mol. The average molecular weight is 310 g/mol. The average Bonchev–Trinajstić information content (AvgIpc) is 3.11. The molecule has 21 heavy (non-hydrogen) atoms. The number of methoxy groups -OCH3 is 1. The lowest BCUT2D eigenvalue weighted by Crippen LogP contribution is -2.33. The summed E-state index contributed by atoms with van der Waals surface area (Å²) in [6.45, 7) is 0. The number of hydrogen-bond acceptors (Lipinski definition) is 3. The van der Waals surface area contributed by atoms with E-state index in [9.17, 15) is 0 Å². The summed E-state index contributed by atoms with van der Waals surface area (Å²) in [6, 6.07) is 4.00. The molecule has 2 aliphatic carbocycles. The molecule has 0 spiro atoms. The van der Waals surface area contributed by atoms with E-state index in [2.05, 4.69) is 0 Å². The van der Waals surface area contributed by atoms with Crippen molar-refractivity contribution in [2.24, 2.45) is 5.73 Å². The lowest BCUT2D eigenvalue weighted by Gasteiger charge is -2.26. The van der Waals surface area contributed by atoms with Crippen LogP contribution in [-0.2, 0) is 5.54 Å². The van der Waals surface area contributed by atoms with Crippen LogP contribution in [0.5, 0.6) is 11.5 Å². The van der Waals surface area contributed by atoms with Gasteiger partial charge >= 0.3 is 0 Å². The van der Waals surface area contributed by atoms with Crippen LogP contribution < -0.4 is 15.2 Å². The van der Waals surface area contributed by atoms with Gasteiger partial charge in [-0.1, -0.05) is 24.4 Å². The molecule has 4 heteroatoms. The topological polar surface area (TPSA) is 44.5 Å².